The van der Waals surface area contributed by atoms with E-state index in [1.165, 1.54) is 18.2 Å². The van der Waals surface area contributed by atoms with Crippen LogP contribution < -0.4 is 5.32 Å². The number of carbonyl (C=O) groups is 3. The molecular weight excluding hydrogens is 464 g/mol. The molecule has 2 aromatic heterocycles. The van der Waals surface area contributed by atoms with Gasteiger partial charge in [0.25, 0.3) is 17.5 Å². The van der Waals surface area contributed by atoms with E-state index in [1.807, 2.05) is 37.3 Å². The second-order valence-corrected chi connectivity index (χ2v) is 8.30. The Hall–Kier alpha value is -4.93. The fourth-order valence-electron chi connectivity index (χ4n) is 4.25. The molecule has 0 saturated carbocycles. The molecule has 5 rings (SSSR count). The molecule has 1 aliphatic heterocycles. The number of aryl methyl sites for hydroxylation is 1. The molecule has 1 aliphatic rings. The molecule has 0 radical (unpaired) electrons. The van der Waals surface area contributed by atoms with Crippen LogP contribution in [0, 0.1) is 17.0 Å². The number of nitro groups is 1. The third-order valence-electron chi connectivity index (χ3n) is 5.95. The SMILES string of the molecule is Cc1nn(-c2ccccc2)c2ncc(NC(=O)CCCN3C(=O)c4cccc([N+](=O)[O-])c4C3=O)cc12. The zero-order valence-corrected chi connectivity index (χ0v) is 19.2. The maximum Gasteiger partial charge on any atom is 0.282 e. The number of anilines is 1. The normalized spacial score (nSPS) is 12.8. The highest BCUT2D eigenvalue weighted by Crippen LogP contribution is 2.31. The van der Waals surface area contributed by atoms with Crippen LogP contribution in [0.1, 0.15) is 39.3 Å². The van der Waals surface area contributed by atoms with E-state index in [1.54, 1.807) is 16.9 Å². The van der Waals surface area contributed by atoms with Crippen LogP contribution in [0.5, 0.6) is 0 Å². The van der Waals surface area contributed by atoms with E-state index >= 15 is 0 Å². The highest BCUT2D eigenvalue weighted by atomic mass is 16.6. The van der Waals surface area contributed by atoms with Crippen molar-refractivity contribution in [2.24, 2.45) is 0 Å². The fraction of sp³-hybridized carbons (Fsp3) is 0.160. The second kappa shape index (κ2) is 9.02. The number of imide groups is 1. The Morgan fingerprint density at radius 2 is 1.86 bits per heavy atom. The minimum Gasteiger partial charge on any atom is -0.325 e. The van der Waals surface area contributed by atoms with Gasteiger partial charge in [0.1, 0.15) is 5.56 Å². The van der Waals surface area contributed by atoms with Gasteiger partial charge in [0.15, 0.2) is 5.65 Å². The maximum atomic E-state index is 12.6. The van der Waals surface area contributed by atoms with Crippen molar-refractivity contribution in [1.29, 1.82) is 0 Å². The van der Waals surface area contributed by atoms with E-state index in [4.69, 9.17) is 0 Å². The molecular formula is C25H20N6O5. The lowest BCUT2D eigenvalue weighted by Gasteiger charge is -2.13. The minimum atomic E-state index is -0.719. The van der Waals surface area contributed by atoms with E-state index in [0.29, 0.717) is 11.3 Å². The quantitative estimate of drug-likeness (QED) is 0.240. The molecule has 11 nitrogen and oxygen atoms in total. The molecule has 0 atom stereocenters. The van der Waals surface area contributed by atoms with Crippen LogP contribution in [0.2, 0.25) is 0 Å². The Morgan fingerprint density at radius 3 is 2.61 bits per heavy atom. The Bertz CT molecular complexity index is 1550. The lowest BCUT2D eigenvalue weighted by Crippen LogP contribution is -2.31. The smallest absolute Gasteiger partial charge is 0.282 e. The molecule has 180 valence electrons. The summed E-state index contributed by atoms with van der Waals surface area (Å²) in [5.41, 5.74) is 2.19. The topological polar surface area (TPSA) is 140 Å². The molecule has 0 unspecified atom stereocenters. The Balaban J connectivity index is 1.23. The van der Waals surface area contributed by atoms with Gasteiger partial charge in [0.05, 0.1) is 33.8 Å². The molecule has 1 N–H and O–H groups in total. The summed E-state index contributed by atoms with van der Waals surface area (Å²) in [6, 6.07) is 15.3. The van der Waals surface area contributed by atoms with Crippen LogP contribution >= 0.6 is 0 Å². The number of rotatable bonds is 7. The van der Waals surface area contributed by atoms with Gasteiger partial charge >= 0.3 is 0 Å². The first-order chi connectivity index (χ1) is 17.3. The molecule has 0 bridgehead atoms. The summed E-state index contributed by atoms with van der Waals surface area (Å²) in [6.45, 7) is 1.83. The fourth-order valence-corrected chi connectivity index (χ4v) is 4.25. The molecule has 0 saturated heterocycles. The third kappa shape index (κ3) is 3.96. The highest BCUT2D eigenvalue weighted by molar-refractivity contribution is 6.23. The van der Waals surface area contributed by atoms with Crippen molar-refractivity contribution in [2.45, 2.75) is 19.8 Å². The lowest BCUT2D eigenvalue weighted by atomic mass is 10.1. The van der Waals surface area contributed by atoms with Crippen molar-refractivity contribution >= 4 is 40.1 Å². The summed E-state index contributed by atoms with van der Waals surface area (Å²) in [5.74, 6) is -1.63. The molecule has 2 aromatic carbocycles. The van der Waals surface area contributed by atoms with E-state index in [0.717, 1.165) is 21.7 Å². The highest BCUT2D eigenvalue weighted by Gasteiger charge is 2.40. The summed E-state index contributed by atoms with van der Waals surface area (Å²) in [4.78, 5) is 53.7. The van der Waals surface area contributed by atoms with Crippen LogP contribution in [0.25, 0.3) is 16.7 Å². The number of carbonyl (C=O) groups excluding carboxylic acids is 3. The van der Waals surface area contributed by atoms with Crippen molar-refractivity contribution < 1.29 is 19.3 Å². The van der Waals surface area contributed by atoms with E-state index in [9.17, 15) is 24.5 Å². The van der Waals surface area contributed by atoms with Gasteiger partial charge in [0.2, 0.25) is 5.91 Å². The summed E-state index contributed by atoms with van der Waals surface area (Å²) >= 11 is 0. The average Bonchev–Trinajstić information content (AvgIpc) is 3.33. The van der Waals surface area contributed by atoms with Gasteiger partial charge in [0, 0.05) is 24.4 Å². The first-order valence-corrected chi connectivity index (χ1v) is 11.2. The summed E-state index contributed by atoms with van der Waals surface area (Å²) in [7, 11) is 0. The number of nitrogens with one attached hydrogen (secondary N) is 1. The monoisotopic (exact) mass is 484 g/mol. The molecule has 4 aromatic rings. The second-order valence-electron chi connectivity index (χ2n) is 8.30. The molecule has 0 aliphatic carbocycles. The summed E-state index contributed by atoms with van der Waals surface area (Å²) in [6.07, 6.45) is 1.78. The number of hydrogen-bond acceptors (Lipinski definition) is 7. The molecule has 0 fully saturated rings. The van der Waals surface area contributed by atoms with Gasteiger partial charge in [-0.2, -0.15) is 5.10 Å². The van der Waals surface area contributed by atoms with Crippen LogP contribution in [-0.2, 0) is 4.79 Å². The van der Waals surface area contributed by atoms with Crippen LogP contribution in [0.4, 0.5) is 11.4 Å². The van der Waals surface area contributed by atoms with E-state index in [2.05, 4.69) is 15.4 Å². The van der Waals surface area contributed by atoms with Crippen molar-refractivity contribution in [2.75, 3.05) is 11.9 Å². The Kier molecular flexibility index (Phi) is 5.72. The number of fused-ring (bicyclic) bond motifs is 2. The van der Waals surface area contributed by atoms with Crippen molar-refractivity contribution in [3.63, 3.8) is 0 Å². The van der Waals surface area contributed by atoms with Crippen molar-refractivity contribution in [1.82, 2.24) is 19.7 Å². The van der Waals surface area contributed by atoms with Gasteiger partial charge in [-0.25, -0.2) is 9.67 Å². The molecule has 0 spiro atoms. The number of para-hydroxylation sites is 1. The number of pyridine rings is 1. The summed E-state index contributed by atoms with van der Waals surface area (Å²) in [5, 5.41) is 19.4. The van der Waals surface area contributed by atoms with E-state index < -0.39 is 22.4 Å². The standard InChI is InChI=1S/C25H20N6O5/c1-15-19-13-16(14-26-23(19)30(28-15)17-7-3-2-4-8-17)27-21(32)11-6-12-29-24(33)18-9-5-10-20(31(35)36)22(18)25(29)34/h2-5,7-10,13-14H,6,11-12H2,1H3,(H,27,32). The van der Waals surface area contributed by atoms with Gasteiger partial charge in [-0.3, -0.25) is 29.4 Å². The van der Waals surface area contributed by atoms with Crippen LogP contribution in [-0.4, -0.2) is 48.9 Å². The predicted molar refractivity (Wildman–Crippen MR) is 130 cm³/mol. The van der Waals surface area contributed by atoms with Gasteiger partial charge in [-0.1, -0.05) is 24.3 Å². The third-order valence-corrected chi connectivity index (χ3v) is 5.95. The largest absolute Gasteiger partial charge is 0.325 e. The minimum absolute atomic E-state index is 0.00412. The lowest BCUT2D eigenvalue weighted by molar-refractivity contribution is -0.385. The average molecular weight is 484 g/mol. The molecule has 3 amide bonds. The van der Waals surface area contributed by atoms with Crippen LogP contribution in [0.15, 0.2) is 60.8 Å². The molecule has 11 heteroatoms. The van der Waals surface area contributed by atoms with Crippen molar-refractivity contribution in [3.05, 3.63) is 87.7 Å². The molecule has 36 heavy (non-hydrogen) atoms. The maximum absolute atomic E-state index is 12.6. The van der Waals surface area contributed by atoms with Crippen molar-refractivity contribution in [3.8, 4) is 5.69 Å². The summed E-state index contributed by atoms with van der Waals surface area (Å²) < 4.78 is 1.74. The number of aromatic nitrogens is 3. The number of nitro benzene ring substituents is 1. The van der Waals surface area contributed by atoms with Crippen LogP contribution in [0.3, 0.4) is 0 Å². The van der Waals surface area contributed by atoms with Gasteiger partial charge < -0.3 is 5.32 Å². The first-order valence-electron chi connectivity index (χ1n) is 11.2. The van der Waals surface area contributed by atoms with Gasteiger partial charge in [-0.05, 0) is 37.6 Å². The predicted octanol–water partition coefficient (Wildman–Crippen LogP) is 3.65. The zero-order chi connectivity index (χ0) is 25.4. The number of amides is 3. The number of hydrogen-bond donors (Lipinski definition) is 1. The van der Waals surface area contributed by atoms with E-state index in [-0.39, 0.29) is 36.4 Å². The van der Waals surface area contributed by atoms with Gasteiger partial charge in [-0.15, -0.1) is 0 Å². The first kappa shape index (κ1) is 22.8. The number of nitrogens with zero attached hydrogens (tertiary/aromatic N) is 5. The molecule has 3 heterocycles. The Labute approximate surface area is 204 Å². The number of benzene rings is 2. The Morgan fingerprint density at radius 1 is 1.08 bits per heavy atom. The zero-order valence-electron chi connectivity index (χ0n) is 19.2.